The third-order valence-electron chi connectivity index (χ3n) is 7.65. The van der Waals surface area contributed by atoms with Crippen LogP contribution in [0.3, 0.4) is 0 Å². The number of nitrogens with zero attached hydrogens (tertiary/aromatic N) is 2. The summed E-state index contributed by atoms with van der Waals surface area (Å²) in [4.78, 5) is 44.7. The number of thioether (sulfide) groups is 1. The molecule has 0 saturated carbocycles. The number of hydrogen-bond acceptors (Lipinski definition) is 6. The molecule has 1 unspecified atom stereocenters. The van der Waals surface area contributed by atoms with Crippen LogP contribution in [0, 0.1) is 25.7 Å². The molecule has 4 aliphatic heterocycles. The zero-order valence-electron chi connectivity index (χ0n) is 20.2. The summed E-state index contributed by atoms with van der Waals surface area (Å²) >= 11 is 1.53. The van der Waals surface area contributed by atoms with Gasteiger partial charge in [0, 0.05) is 24.0 Å². The molecule has 1 aromatic rings. The number of aliphatic hydroxyl groups excluding tert-OH is 1. The molecule has 4 aliphatic rings. The Morgan fingerprint density at radius 3 is 2.63 bits per heavy atom. The highest BCUT2D eigenvalue weighted by molar-refractivity contribution is 8.02. The van der Waals surface area contributed by atoms with Gasteiger partial charge in [0.15, 0.2) is 0 Å². The van der Waals surface area contributed by atoms with E-state index < -0.39 is 22.6 Å². The molecule has 7 nitrogen and oxygen atoms in total. The lowest BCUT2D eigenvalue weighted by molar-refractivity contribution is -0.153. The Balaban J connectivity index is 1.62. The quantitative estimate of drug-likeness (QED) is 0.512. The van der Waals surface area contributed by atoms with Crippen molar-refractivity contribution in [1.82, 2.24) is 4.90 Å². The standard InChI is InChI=1S/C27H32N2O5S/c1-17-9-7-10-18(2)22(17)28-13-8-12-27-21(24(31)29(14-15-30)23(27)25(28)32)20-19(35-27)11-5-3-4-6-16-34-26(20)33/h5,7-12,19-21,23,30H,3-4,6,13-16H2,1-2H3/b11-5-/t19-,20+,21+,23?,27+/m1/s1. The molecule has 5 atom stereocenters. The maximum Gasteiger partial charge on any atom is 0.311 e. The number of amides is 2. The summed E-state index contributed by atoms with van der Waals surface area (Å²) in [6.45, 7) is 4.47. The van der Waals surface area contributed by atoms with Crippen LogP contribution < -0.4 is 4.90 Å². The first-order valence-corrected chi connectivity index (χ1v) is 13.3. The maximum atomic E-state index is 14.3. The van der Waals surface area contributed by atoms with Crippen LogP contribution >= 0.6 is 11.8 Å². The van der Waals surface area contributed by atoms with E-state index in [1.165, 1.54) is 16.7 Å². The molecule has 1 spiro atoms. The van der Waals surface area contributed by atoms with Crippen molar-refractivity contribution in [2.24, 2.45) is 11.8 Å². The van der Waals surface area contributed by atoms with Gasteiger partial charge in [-0.05, 0) is 44.2 Å². The number of ether oxygens (including phenoxy) is 1. The normalized spacial score (nSPS) is 33.6. The number of esters is 1. The topological polar surface area (TPSA) is 87.2 Å². The molecule has 0 bridgehead atoms. The number of carbonyl (C=O) groups is 3. The maximum absolute atomic E-state index is 14.3. The first-order chi connectivity index (χ1) is 16.9. The van der Waals surface area contributed by atoms with Gasteiger partial charge in [-0.2, -0.15) is 0 Å². The van der Waals surface area contributed by atoms with E-state index in [2.05, 4.69) is 6.08 Å². The van der Waals surface area contributed by atoms with Crippen LogP contribution in [-0.4, -0.2) is 70.1 Å². The fraction of sp³-hybridized carbons (Fsp3) is 0.519. The Morgan fingerprint density at radius 2 is 1.89 bits per heavy atom. The van der Waals surface area contributed by atoms with E-state index >= 15 is 0 Å². The molecule has 186 valence electrons. The lowest BCUT2D eigenvalue weighted by Crippen LogP contribution is -2.54. The Labute approximate surface area is 210 Å². The number of carbonyl (C=O) groups excluding carboxylic acids is 3. The van der Waals surface area contributed by atoms with Crippen molar-refractivity contribution in [3.63, 3.8) is 0 Å². The number of para-hydroxylation sites is 1. The molecule has 1 aromatic carbocycles. The number of anilines is 1. The number of allylic oxidation sites excluding steroid dienone is 1. The first kappa shape index (κ1) is 24.1. The van der Waals surface area contributed by atoms with Crippen molar-refractivity contribution in [3.8, 4) is 0 Å². The van der Waals surface area contributed by atoms with Crippen molar-refractivity contribution < 1.29 is 24.2 Å². The van der Waals surface area contributed by atoms with E-state index in [4.69, 9.17) is 4.74 Å². The van der Waals surface area contributed by atoms with Gasteiger partial charge in [0.2, 0.25) is 5.91 Å². The minimum atomic E-state index is -0.901. The Kier molecular flexibility index (Phi) is 6.53. The van der Waals surface area contributed by atoms with Crippen LogP contribution in [0.25, 0.3) is 0 Å². The molecule has 2 fully saturated rings. The van der Waals surface area contributed by atoms with E-state index in [0.717, 1.165) is 36.1 Å². The minimum Gasteiger partial charge on any atom is -0.465 e. The second kappa shape index (κ2) is 9.47. The summed E-state index contributed by atoms with van der Waals surface area (Å²) in [5.74, 6) is -2.19. The lowest BCUT2D eigenvalue weighted by atomic mass is 9.78. The molecule has 5 rings (SSSR count). The minimum absolute atomic E-state index is 0.0464. The summed E-state index contributed by atoms with van der Waals surface area (Å²) in [5.41, 5.74) is 2.81. The third kappa shape index (κ3) is 3.82. The largest absolute Gasteiger partial charge is 0.465 e. The van der Waals surface area contributed by atoms with Gasteiger partial charge >= 0.3 is 5.97 Å². The first-order valence-electron chi connectivity index (χ1n) is 12.4. The van der Waals surface area contributed by atoms with Gasteiger partial charge in [0.25, 0.3) is 5.91 Å². The number of β-amino-alcohol motifs (C(OH)–C–C–N with tert-alkyl or cyclic N) is 1. The van der Waals surface area contributed by atoms with E-state index in [9.17, 15) is 19.5 Å². The molecule has 0 aromatic heterocycles. The average molecular weight is 497 g/mol. The summed E-state index contributed by atoms with van der Waals surface area (Å²) in [5, 5.41) is 9.56. The fourth-order valence-electron chi connectivity index (χ4n) is 6.20. The number of rotatable bonds is 3. The average Bonchev–Trinajstić information content (AvgIpc) is 3.20. The number of cyclic esters (lactones) is 1. The molecule has 4 heterocycles. The molecule has 1 N–H and O–H groups in total. The van der Waals surface area contributed by atoms with Gasteiger partial charge in [-0.15, -0.1) is 11.8 Å². The molecule has 0 aliphatic carbocycles. The zero-order chi connectivity index (χ0) is 24.7. The SMILES string of the molecule is Cc1cccc(C)c1N1CC=C[C@]23S[C@@H]4/C=C\CCCCOC(=O)[C@@H]4[C@H]2C(=O)N(CCO)C3C1=O. The Bertz CT molecular complexity index is 1080. The molecular formula is C27H32N2O5S. The van der Waals surface area contributed by atoms with Crippen molar-refractivity contribution in [2.45, 2.75) is 49.1 Å². The summed E-state index contributed by atoms with van der Waals surface area (Å²) in [6.07, 6.45) is 10.7. The molecule has 35 heavy (non-hydrogen) atoms. The van der Waals surface area contributed by atoms with Crippen molar-refractivity contribution in [3.05, 3.63) is 53.6 Å². The van der Waals surface area contributed by atoms with Crippen molar-refractivity contribution >= 4 is 35.2 Å². The number of fused-ring (bicyclic) bond motifs is 2. The molecule has 0 radical (unpaired) electrons. The van der Waals surface area contributed by atoms with Crippen LogP contribution in [0.2, 0.25) is 0 Å². The third-order valence-corrected chi connectivity index (χ3v) is 9.40. The molecule has 8 heteroatoms. The van der Waals surface area contributed by atoms with Crippen molar-refractivity contribution in [2.75, 3.05) is 31.2 Å². The van der Waals surface area contributed by atoms with Gasteiger partial charge in [0.05, 0.1) is 29.8 Å². The van der Waals surface area contributed by atoms with Crippen LogP contribution in [0.4, 0.5) is 5.69 Å². The summed E-state index contributed by atoms with van der Waals surface area (Å²) in [6, 6.07) is 5.11. The molecular weight excluding hydrogens is 464 g/mol. The summed E-state index contributed by atoms with van der Waals surface area (Å²) < 4.78 is 4.71. The van der Waals surface area contributed by atoms with Crippen LogP contribution in [-0.2, 0) is 19.1 Å². The van der Waals surface area contributed by atoms with Crippen LogP contribution in [0.5, 0.6) is 0 Å². The number of aryl methyl sites for hydroxylation is 2. The van der Waals surface area contributed by atoms with Gasteiger partial charge < -0.3 is 19.6 Å². The number of hydrogen-bond donors (Lipinski definition) is 1. The van der Waals surface area contributed by atoms with Crippen LogP contribution in [0.15, 0.2) is 42.5 Å². The van der Waals surface area contributed by atoms with Gasteiger partial charge in [-0.25, -0.2) is 0 Å². The van der Waals surface area contributed by atoms with Crippen LogP contribution in [0.1, 0.15) is 30.4 Å². The summed E-state index contributed by atoms with van der Waals surface area (Å²) in [7, 11) is 0. The molecule has 2 amide bonds. The van der Waals surface area contributed by atoms with Gasteiger partial charge in [0.1, 0.15) is 6.04 Å². The highest BCUT2D eigenvalue weighted by Gasteiger charge is 2.70. The Morgan fingerprint density at radius 1 is 1.11 bits per heavy atom. The smallest absolute Gasteiger partial charge is 0.311 e. The van der Waals surface area contributed by atoms with E-state index in [0.29, 0.717) is 13.2 Å². The van der Waals surface area contributed by atoms with E-state index in [1.807, 2.05) is 50.3 Å². The number of benzene rings is 1. The number of likely N-dealkylation sites (tertiary alicyclic amines) is 1. The predicted octanol–water partition coefficient (Wildman–Crippen LogP) is 2.78. The number of aliphatic hydroxyl groups is 1. The molecule has 2 saturated heterocycles. The second-order valence-corrected chi connectivity index (χ2v) is 11.3. The van der Waals surface area contributed by atoms with Gasteiger partial charge in [-0.3, -0.25) is 14.4 Å². The zero-order valence-corrected chi connectivity index (χ0v) is 21.0. The van der Waals surface area contributed by atoms with Gasteiger partial charge in [-0.1, -0.05) is 42.5 Å². The highest BCUT2D eigenvalue weighted by atomic mass is 32.2. The van der Waals surface area contributed by atoms with E-state index in [-0.39, 0.29) is 36.2 Å². The van der Waals surface area contributed by atoms with E-state index in [1.54, 1.807) is 4.90 Å². The second-order valence-electron chi connectivity index (χ2n) is 9.78. The monoisotopic (exact) mass is 496 g/mol. The fourth-order valence-corrected chi connectivity index (χ4v) is 8.20. The van der Waals surface area contributed by atoms with Crippen molar-refractivity contribution in [1.29, 1.82) is 0 Å². The Hall–Kier alpha value is -2.58. The predicted molar refractivity (Wildman–Crippen MR) is 135 cm³/mol. The highest BCUT2D eigenvalue weighted by Crippen LogP contribution is 2.60. The lowest BCUT2D eigenvalue weighted by Gasteiger charge is -2.35.